The molecule has 2 N–H and O–H groups in total. The first-order chi connectivity index (χ1) is 13.3. The van der Waals surface area contributed by atoms with E-state index in [1.54, 1.807) is 6.20 Å². The number of aromatic nitrogens is 2. The highest BCUT2D eigenvalue weighted by atomic mass is 16.2. The first-order valence-corrected chi connectivity index (χ1v) is 10.6. The molecule has 1 saturated heterocycles. The van der Waals surface area contributed by atoms with E-state index in [0.717, 1.165) is 64.4 Å². The number of hydrogen-bond donors (Lipinski definition) is 2. The van der Waals surface area contributed by atoms with Crippen molar-refractivity contribution in [2.24, 2.45) is 10.9 Å². The van der Waals surface area contributed by atoms with E-state index < -0.39 is 0 Å². The number of aryl methyl sites for hydroxylation is 1. The third-order valence-corrected chi connectivity index (χ3v) is 5.54. The number of carbonyl (C=O) groups is 1. The van der Waals surface area contributed by atoms with Crippen LogP contribution in [0.15, 0.2) is 23.7 Å². The van der Waals surface area contributed by atoms with Gasteiger partial charge in [-0.25, -0.2) is 4.98 Å². The third-order valence-electron chi connectivity index (χ3n) is 5.54. The zero-order valence-electron chi connectivity index (χ0n) is 16.6. The number of rotatable bonds is 7. The molecular weight excluding hydrogens is 340 g/mol. The van der Waals surface area contributed by atoms with E-state index in [2.05, 4.69) is 32.0 Å². The van der Waals surface area contributed by atoms with Crippen molar-refractivity contribution in [3.63, 3.8) is 0 Å². The van der Waals surface area contributed by atoms with Crippen LogP contribution < -0.4 is 10.6 Å². The summed E-state index contributed by atoms with van der Waals surface area (Å²) in [7, 11) is 0. The second-order valence-electron chi connectivity index (χ2n) is 7.66. The lowest BCUT2D eigenvalue weighted by Crippen LogP contribution is -2.45. The molecule has 3 rings (SSSR count). The number of nitrogens with zero attached hydrogens (tertiary/aromatic N) is 4. The molecular formula is C20H34N6O. The Kier molecular flexibility index (Phi) is 7.54. The van der Waals surface area contributed by atoms with Crippen molar-refractivity contribution in [1.29, 1.82) is 0 Å². The molecule has 1 unspecified atom stereocenters. The van der Waals surface area contributed by atoms with Gasteiger partial charge in [-0.05, 0) is 32.6 Å². The van der Waals surface area contributed by atoms with Gasteiger partial charge in [-0.3, -0.25) is 9.79 Å². The lowest BCUT2D eigenvalue weighted by atomic mass is 9.88. The zero-order chi connectivity index (χ0) is 18.9. The fourth-order valence-corrected chi connectivity index (χ4v) is 4.06. The Morgan fingerprint density at radius 1 is 1.26 bits per heavy atom. The minimum atomic E-state index is 0.266. The molecule has 0 radical (unpaired) electrons. The summed E-state index contributed by atoms with van der Waals surface area (Å²) in [6.07, 6.45) is 13.5. The zero-order valence-corrected chi connectivity index (χ0v) is 16.6. The topological polar surface area (TPSA) is 74.6 Å². The lowest BCUT2D eigenvalue weighted by molar-refractivity contribution is -0.135. The number of hydrogen-bond acceptors (Lipinski definition) is 3. The van der Waals surface area contributed by atoms with E-state index >= 15 is 0 Å². The number of likely N-dealkylation sites (tertiary alicyclic amines) is 1. The molecule has 1 saturated carbocycles. The van der Waals surface area contributed by atoms with Gasteiger partial charge in [-0.15, -0.1) is 0 Å². The van der Waals surface area contributed by atoms with Gasteiger partial charge in [0, 0.05) is 57.1 Å². The van der Waals surface area contributed by atoms with Gasteiger partial charge in [-0.2, -0.15) is 0 Å². The molecule has 2 fully saturated rings. The maximum atomic E-state index is 12.7. The molecule has 2 heterocycles. The Morgan fingerprint density at radius 3 is 2.85 bits per heavy atom. The Hall–Kier alpha value is -2.05. The number of nitrogens with one attached hydrogen (secondary N) is 2. The summed E-state index contributed by atoms with van der Waals surface area (Å²) in [6.45, 7) is 6.28. The van der Waals surface area contributed by atoms with E-state index in [-0.39, 0.29) is 5.92 Å². The lowest BCUT2D eigenvalue weighted by Gasteiger charge is -2.26. The predicted molar refractivity (Wildman–Crippen MR) is 108 cm³/mol. The Bertz CT molecular complexity index is 594. The summed E-state index contributed by atoms with van der Waals surface area (Å²) in [5.74, 6) is 1.50. The second kappa shape index (κ2) is 10.3. The minimum Gasteiger partial charge on any atom is -0.357 e. The fraction of sp³-hybridized carbons (Fsp3) is 0.750. The van der Waals surface area contributed by atoms with Gasteiger partial charge in [0.15, 0.2) is 5.96 Å². The minimum absolute atomic E-state index is 0.266. The number of carbonyl (C=O) groups excluding carboxylic acids is 1. The van der Waals surface area contributed by atoms with Crippen LogP contribution in [-0.4, -0.2) is 58.5 Å². The van der Waals surface area contributed by atoms with Gasteiger partial charge < -0.3 is 20.1 Å². The van der Waals surface area contributed by atoms with Crippen molar-refractivity contribution < 1.29 is 4.79 Å². The summed E-state index contributed by atoms with van der Waals surface area (Å²) in [5, 5.41) is 6.85. The summed E-state index contributed by atoms with van der Waals surface area (Å²) in [5.41, 5.74) is 0. The van der Waals surface area contributed by atoms with E-state index in [4.69, 9.17) is 4.99 Å². The highest BCUT2D eigenvalue weighted by Crippen LogP contribution is 2.26. The number of guanidine groups is 1. The van der Waals surface area contributed by atoms with E-state index in [1.165, 1.54) is 19.3 Å². The molecule has 7 nitrogen and oxygen atoms in total. The van der Waals surface area contributed by atoms with E-state index in [1.807, 2.05) is 12.5 Å². The van der Waals surface area contributed by atoms with Gasteiger partial charge in [0.2, 0.25) is 5.91 Å². The maximum absolute atomic E-state index is 12.7. The normalized spacial score (nSPS) is 21.4. The standard InChI is InChI=1S/C20H34N6O/c1-2-22-20(23-10-6-12-25-14-11-21-16-25)24-18-9-13-26(15-18)19(27)17-7-4-3-5-8-17/h11,14,16-18H,2-10,12-13,15H2,1H3,(H2,22,23,24). The van der Waals surface area contributed by atoms with Crippen LogP contribution in [0.3, 0.4) is 0 Å². The van der Waals surface area contributed by atoms with Crippen molar-refractivity contribution in [2.75, 3.05) is 26.2 Å². The second-order valence-corrected chi connectivity index (χ2v) is 7.66. The summed E-state index contributed by atoms with van der Waals surface area (Å²) < 4.78 is 2.07. The van der Waals surface area contributed by atoms with Gasteiger partial charge in [0.05, 0.1) is 6.33 Å². The molecule has 1 aromatic heterocycles. The quantitative estimate of drug-likeness (QED) is 0.435. The van der Waals surface area contributed by atoms with E-state index in [9.17, 15) is 4.79 Å². The highest BCUT2D eigenvalue weighted by Gasteiger charge is 2.31. The SMILES string of the molecule is CCNC(=NCCCn1ccnc1)NC1CCN(C(=O)C2CCCCC2)C1. The van der Waals surface area contributed by atoms with Crippen LogP contribution in [0, 0.1) is 5.92 Å². The largest absolute Gasteiger partial charge is 0.357 e. The molecule has 150 valence electrons. The first-order valence-electron chi connectivity index (χ1n) is 10.6. The molecule has 1 amide bonds. The van der Waals surface area contributed by atoms with Gasteiger partial charge in [-0.1, -0.05) is 19.3 Å². The molecule has 0 spiro atoms. The summed E-state index contributed by atoms with van der Waals surface area (Å²) in [6, 6.07) is 0.295. The van der Waals surface area contributed by atoms with Crippen LogP contribution in [0.25, 0.3) is 0 Å². The Morgan fingerprint density at radius 2 is 2.11 bits per heavy atom. The average Bonchev–Trinajstić information content (AvgIpc) is 3.37. The number of amides is 1. The molecule has 27 heavy (non-hydrogen) atoms. The molecule has 2 aliphatic rings. The number of aliphatic imine (C=N–C) groups is 1. The molecule has 1 atom stereocenters. The summed E-state index contributed by atoms with van der Waals surface area (Å²) in [4.78, 5) is 23.5. The van der Waals surface area contributed by atoms with Crippen molar-refractivity contribution in [3.8, 4) is 0 Å². The van der Waals surface area contributed by atoms with Crippen LogP contribution in [-0.2, 0) is 11.3 Å². The van der Waals surface area contributed by atoms with Crippen molar-refractivity contribution in [2.45, 2.75) is 64.5 Å². The van der Waals surface area contributed by atoms with Crippen LogP contribution in [0.1, 0.15) is 51.9 Å². The van der Waals surface area contributed by atoms with Crippen LogP contribution in [0.2, 0.25) is 0 Å². The summed E-state index contributed by atoms with van der Waals surface area (Å²) >= 11 is 0. The van der Waals surface area contributed by atoms with Gasteiger partial charge >= 0.3 is 0 Å². The monoisotopic (exact) mass is 374 g/mol. The average molecular weight is 375 g/mol. The maximum Gasteiger partial charge on any atom is 0.225 e. The third kappa shape index (κ3) is 5.97. The smallest absolute Gasteiger partial charge is 0.225 e. The first kappa shape index (κ1) is 19.7. The van der Waals surface area contributed by atoms with Gasteiger partial charge in [0.25, 0.3) is 0 Å². The van der Waals surface area contributed by atoms with Crippen molar-refractivity contribution >= 4 is 11.9 Å². The number of imidazole rings is 1. The predicted octanol–water partition coefficient (Wildman–Crippen LogP) is 2.01. The fourth-order valence-electron chi connectivity index (χ4n) is 4.06. The molecule has 0 bridgehead atoms. The van der Waals surface area contributed by atoms with E-state index in [0.29, 0.717) is 11.9 Å². The molecule has 7 heteroatoms. The van der Waals surface area contributed by atoms with Crippen LogP contribution in [0.4, 0.5) is 0 Å². The van der Waals surface area contributed by atoms with Crippen LogP contribution >= 0.6 is 0 Å². The molecule has 1 aliphatic heterocycles. The Balaban J connectivity index is 1.43. The van der Waals surface area contributed by atoms with Crippen LogP contribution in [0.5, 0.6) is 0 Å². The van der Waals surface area contributed by atoms with Crippen molar-refractivity contribution in [3.05, 3.63) is 18.7 Å². The highest BCUT2D eigenvalue weighted by molar-refractivity contribution is 5.81. The Labute approximate surface area is 162 Å². The molecule has 1 aliphatic carbocycles. The van der Waals surface area contributed by atoms with Crippen molar-refractivity contribution in [1.82, 2.24) is 25.1 Å². The molecule has 0 aromatic carbocycles. The van der Waals surface area contributed by atoms with Gasteiger partial charge in [0.1, 0.15) is 0 Å². The molecule has 1 aromatic rings.